The molecule has 0 unspecified atom stereocenters. The Balaban J connectivity index is 0.873. The molecule has 0 bridgehead atoms. The summed E-state index contributed by atoms with van der Waals surface area (Å²) in [7, 11) is -5.27. The summed E-state index contributed by atoms with van der Waals surface area (Å²) >= 11 is 0. The highest BCUT2D eigenvalue weighted by Crippen LogP contribution is 2.39. The first-order chi connectivity index (χ1) is 37.7. The van der Waals surface area contributed by atoms with E-state index in [0.29, 0.717) is 0 Å². The summed E-state index contributed by atoms with van der Waals surface area (Å²) in [5.41, 5.74) is 12.2. The largest absolute Gasteiger partial charge is 0.309 e. The van der Waals surface area contributed by atoms with Crippen LogP contribution in [0.1, 0.15) is 0 Å². The highest BCUT2D eigenvalue weighted by molar-refractivity contribution is 7.22. The van der Waals surface area contributed by atoms with Gasteiger partial charge in [0.15, 0.2) is 16.1 Å². The zero-order valence-corrected chi connectivity index (χ0v) is 43.8. The van der Waals surface area contributed by atoms with Crippen molar-refractivity contribution < 1.29 is 0 Å². The number of rotatable bonds is 9. The molecule has 0 radical (unpaired) electrons. The van der Waals surface area contributed by atoms with Crippen LogP contribution in [0.5, 0.6) is 0 Å². The van der Waals surface area contributed by atoms with Crippen molar-refractivity contribution in [2.75, 3.05) is 0 Å². The molecule has 14 aromatic rings. The van der Waals surface area contributed by atoms with Gasteiger partial charge in [0.2, 0.25) is 0 Å². The summed E-state index contributed by atoms with van der Waals surface area (Å²) in [6, 6.07) is 114. The monoisotopic (exact) mass is 998 g/mol. The third-order valence-corrected chi connectivity index (χ3v) is 26.2. The summed E-state index contributed by atoms with van der Waals surface area (Å²) in [5.74, 6) is 0. The van der Waals surface area contributed by atoms with Gasteiger partial charge in [-0.1, -0.05) is 249 Å². The lowest BCUT2D eigenvalue weighted by Gasteiger charge is -2.34. The lowest BCUT2D eigenvalue weighted by atomic mass is 9.98. The van der Waals surface area contributed by atoms with E-state index in [9.17, 15) is 0 Å². The maximum atomic E-state index is 2.47. The van der Waals surface area contributed by atoms with E-state index in [4.69, 9.17) is 0 Å². The fraction of sp³-hybridized carbons (Fsp3) is 0. The molecular weight excluding hydrogens is 949 g/mol. The maximum Gasteiger partial charge on any atom is 0.180 e. The van der Waals surface area contributed by atoms with Gasteiger partial charge in [-0.15, -0.1) is 0 Å². The molecule has 76 heavy (non-hydrogen) atoms. The summed E-state index contributed by atoms with van der Waals surface area (Å²) in [6.07, 6.45) is 0. The van der Waals surface area contributed by atoms with Crippen LogP contribution in [0.25, 0.3) is 77.2 Å². The van der Waals surface area contributed by atoms with E-state index in [1.165, 1.54) is 107 Å². The van der Waals surface area contributed by atoms with Gasteiger partial charge in [-0.2, -0.15) is 0 Å². The van der Waals surface area contributed by atoms with Crippen LogP contribution in [-0.4, -0.2) is 25.3 Å². The Labute approximate surface area is 444 Å². The van der Waals surface area contributed by atoms with Crippen molar-refractivity contribution >= 4 is 101 Å². The quantitative estimate of drug-likeness (QED) is 0.101. The van der Waals surface area contributed by atoms with Crippen LogP contribution in [0.15, 0.2) is 303 Å². The number of nitrogens with zero attached hydrogens (tertiary/aromatic N) is 2. The number of hydrogen-bond donors (Lipinski definition) is 0. The van der Waals surface area contributed by atoms with E-state index in [1.807, 2.05) is 0 Å². The van der Waals surface area contributed by atoms with Gasteiger partial charge in [-0.25, -0.2) is 0 Å². The van der Waals surface area contributed by atoms with E-state index in [1.54, 1.807) is 0 Å². The topological polar surface area (TPSA) is 9.86 Å². The van der Waals surface area contributed by atoms with Crippen molar-refractivity contribution in [2.24, 2.45) is 0 Å². The minimum Gasteiger partial charge on any atom is -0.309 e. The van der Waals surface area contributed by atoms with Crippen molar-refractivity contribution in [3.8, 4) is 33.6 Å². The third kappa shape index (κ3) is 6.51. The van der Waals surface area contributed by atoms with Gasteiger partial charge in [0.1, 0.15) is 0 Å². The second-order valence-corrected chi connectivity index (χ2v) is 27.9. The summed E-state index contributed by atoms with van der Waals surface area (Å²) < 4.78 is 4.94. The molecule has 0 amide bonds. The molecule has 1 aliphatic heterocycles. The molecule has 0 saturated heterocycles. The first-order valence-electron chi connectivity index (χ1n) is 26.4. The van der Waals surface area contributed by atoms with Gasteiger partial charge < -0.3 is 9.13 Å². The Bertz CT molecular complexity index is 4350. The van der Waals surface area contributed by atoms with Gasteiger partial charge in [-0.3, -0.25) is 0 Å². The second kappa shape index (κ2) is 17.7. The van der Waals surface area contributed by atoms with Gasteiger partial charge in [0.05, 0.1) is 22.1 Å². The van der Waals surface area contributed by atoms with Crippen molar-refractivity contribution in [1.82, 2.24) is 9.13 Å². The Kier molecular flexibility index (Phi) is 10.3. The summed E-state index contributed by atoms with van der Waals surface area (Å²) in [6.45, 7) is 0. The first kappa shape index (κ1) is 44.2. The third-order valence-electron chi connectivity index (χ3n) is 16.6. The Hall–Kier alpha value is -9.33. The second-order valence-electron chi connectivity index (χ2n) is 20.3. The zero-order valence-electron chi connectivity index (χ0n) is 41.8. The average molecular weight is 999 g/mol. The fourth-order valence-corrected chi connectivity index (χ4v) is 23.3. The molecule has 0 atom stereocenters. The van der Waals surface area contributed by atoms with Crippen LogP contribution in [0.2, 0.25) is 0 Å². The van der Waals surface area contributed by atoms with Crippen LogP contribution < -0.4 is 41.5 Å². The Morgan fingerprint density at radius 2 is 0.671 bits per heavy atom. The summed E-state index contributed by atoms with van der Waals surface area (Å²) in [5, 5.41) is 16.2. The molecule has 0 saturated carbocycles. The molecule has 0 N–H and O–H groups in total. The molecule has 2 aromatic heterocycles. The van der Waals surface area contributed by atoms with Gasteiger partial charge in [-0.05, 0) is 118 Å². The SMILES string of the molecule is c1ccc([Si](c2ccccc2)(c2ccccc2)c2ccc(-n3c4ccccc4c4ccc(-n5c6ccccc6c6cc(-c7ccc8c(c7)-c7ccccc7[Si]8(c7ccccc7)c7ccccc7)ccc65)cc43)cc2)cc1. The van der Waals surface area contributed by atoms with Crippen LogP contribution in [-0.2, 0) is 0 Å². The Morgan fingerprint density at radius 3 is 1.28 bits per heavy atom. The first-order valence-corrected chi connectivity index (χ1v) is 30.4. The smallest absolute Gasteiger partial charge is 0.180 e. The number of hydrogen-bond acceptors (Lipinski definition) is 0. The predicted octanol–water partition coefficient (Wildman–Crippen LogP) is 12.3. The highest BCUT2D eigenvalue weighted by Gasteiger charge is 2.48. The van der Waals surface area contributed by atoms with E-state index in [0.717, 1.165) is 11.4 Å². The number of para-hydroxylation sites is 2. The molecule has 4 heteroatoms. The predicted molar refractivity (Wildman–Crippen MR) is 327 cm³/mol. The van der Waals surface area contributed by atoms with Crippen molar-refractivity contribution in [2.45, 2.75) is 0 Å². The van der Waals surface area contributed by atoms with Crippen molar-refractivity contribution in [3.05, 3.63) is 303 Å². The fourth-order valence-electron chi connectivity index (χ4n) is 13.4. The standard InChI is InChI=1S/C72H50N2Si2/c1-6-22-55(23-7-1)75(56-24-8-2-9-25-56,57-26-10-3-11-27-57)60-43-40-53(41-44-60)73-67-35-19-16-32-61(67)63-45-42-54(50-70(63)73)74-68-36-20-17-33-62(68)65-48-51(38-46-69(65)74)52-39-47-72-66(49-52)64-34-18-21-37-71(64)76(72,58-28-12-4-13-29-58)59-30-14-5-15-31-59/h1-50H. The minimum absolute atomic E-state index is 1.13. The molecule has 15 rings (SSSR count). The zero-order chi connectivity index (χ0) is 50.2. The van der Waals surface area contributed by atoms with Crippen LogP contribution in [0, 0.1) is 0 Å². The van der Waals surface area contributed by atoms with Crippen molar-refractivity contribution in [1.29, 1.82) is 0 Å². The normalized spacial score (nSPS) is 12.8. The number of fused-ring (bicyclic) bond motifs is 9. The lowest BCUT2D eigenvalue weighted by molar-refractivity contribution is 1.16. The van der Waals surface area contributed by atoms with Gasteiger partial charge >= 0.3 is 0 Å². The summed E-state index contributed by atoms with van der Waals surface area (Å²) in [4.78, 5) is 0. The van der Waals surface area contributed by atoms with E-state index >= 15 is 0 Å². The molecule has 0 aliphatic carbocycles. The van der Waals surface area contributed by atoms with Crippen LogP contribution in [0.3, 0.4) is 0 Å². The lowest BCUT2D eigenvalue weighted by Crippen LogP contribution is -2.74. The molecular formula is C72H50N2Si2. The van der Waals surface area contributed by atoms with E-state index in [2.05, 4.69) is 312 Å². The molecule has 1 aliphatic rings. The number of benzene rings is 12. The van der Waals surface area contributed by atoms with Crippen LogP contribution >= 0.6 is 0 Å². The minimum atomic E-state index is -2.70. The van der Waals surface area contributed by atoms with E-state index in [-0.39, 0.29) is 0 Å². The Morgan fingerprint density at radius 1 is 0.250 bits per heavy atom. The molecule has 0 fully saturated rings. The average Bonchev–Trinajstić information content (AvgIpc) is 4.16. The van der Waals surface area contributed by atoms with Gasteiger partial charge in [0, 0.05) is 32.9 Å². The highest BCUT2D eigenvalue weighted by atomic mass is 28.3. The van der Waals surface area contributed by atoms with Gasteiger partial charge in [0.25, 0.3) is 0 Å². The maximum absolute atomic E-state index is 2.70. The molecule has 12 aromatic carbocycles. The molecule has 356 valence electrons. The molecule has 0 spiro atoms. The van der Waals surface area contributed by atoms with Crippen LogP contribution in [0.4, 0.5) is 0 Å². The number of aromatic nitrogens is 2. The molecule has 2 nitrogen and oxygen atoms in total. The molecule has 3 heterocycles. The van der Waals surface area contributed by atoms with E-state index < -0.39 is 16.1 Å². The van der Waals surface area contributed by atoms with Crippen molar-refractivity contribution in [3.63, 3.8) is 0 Å².